The molecular formula is C12H13Cl2N3S2. The fourth-order valence-corrected chi connectivity index (χ4v) is 3.38. The quantitative estimate of drug-likeness (QED) is 0.758. The van der Waals surface area contributed by atoms with E-state index in [1.165, 1.54) is 0 Å². The average Bonchev–Trinajstić information content (AvgIpc) is 2.86. The van der Waals surface area contributed by atoms with Crippen molar-refractivity contribution < 1.29 is 0 Å². The first-order valence-corrected chi connectivity index (χ1v) is 8.39. The van der Waals surface area contributed by atoms with E-state index < -0.39 is 0 Å². The maximum atomic E-state index is 5.98. The van der Waals surface area contributed by atoms with Crippen molar-refractivity contribution in [1.82, 2.24) is 10.2 Å². The Morgan fingerprint density at radius 2 is 2.11 bits per heavy atom. The average molecular weight is 334 g/mol. The van der Waals surface area contributed by atoms with Crippen molar-refractivity contribution in [2.24, 2.45) is 0 Å². The van der Waals surface area contributed by atoms with Crippen LogP contribution in [0.5, 0.6) is 0 Å². The van der Waals surface area contributed by atoms with E-state index in [9.17, 15) is 0 Å². The van der Waals surface area contributed by atoms with Gasteiger partial charge < -0.3 is 5.32 Å². The number of rotatable bonds is 6. The van der Waals surface area contributed by atoms with Gasteiger partial charge >= 0.3 is 0 Å². The molecule has 7 heteroatoms. The first-order chi connectivity index (χ1) is 9.19. The van der Waals surface area contributed by atoms with Crippen LogP contribution in [0.3, 0.4) is 0 Å². The van der Waals surface area contributed by atoms with E-state index in [1.54, 1.807) is 29.2 Å². The predicted molar refractivity (Wildman–Crippen MR) is 84.7 cm³/mol. The minimum atomic E-state index is 0.577. The Morgan fingerprint density at radius 3 is 2.84 bits per heavy atom. The molecule has 2 rings (SSSR count). The standard InChI is InChI=1S/C12H13Cl2N3S2/c1-2-5-15-12-17-16-11(19-12)7-18-8-3-4-9(13)10(14)6-8/h3-4,6H,2,5,7H2,1H3,(H,15,17). The summed E-state index contributed by atoms with van der Waals surface area (Å²) in [7, 11) is 0. The van der Waals surface area contributed by atoms with Gasteiger partial charge in [-0.15, -0.1) is 22.0 Å². The van der Waals surface area contributed by atoms with Gasteiger partial charge in [-0.05, 0) is 24.6 Å². The van der Waals surface area contributed by atoms with Crippen LogP contribution in [0, 0.1) is 0 Å². The Bertz CT molecular complexity index is 546. The largest absolute Gasteiger partial charge is 0.360 e. The zero-order valence-corrected chi connectivity index (χ0v) is 13.5. The summed E-state index contributed by atoms with van der Waals surface area (Å²) in [4.78, 5) is 1.08. The molecule has 1 aromatic carbocycles. The normalized spacial score (nSPS) is 10.7. The number of hydrogen-bond acceptors (Lipinski definition) is 5. The van der Waals surface area contributed by atoms with Gasteiger partial charge in [0, 0.05) is 11.4 Å². The zero-order chi connectivity index (χ0) is 13.7. The molecule has 0 fully saturated rings. The Hall–Kier alpha value is -0.490. The molecule has 102 valence electrons. The van der Waals surface area contributed by atoms with E-state index in [1.807, 2.05) is 12.1 Å². The van der Waals surface area contributed by atoms with Gasteiger partial charge in [0.2, 0.25) is 5.13 Å². The molecule has 0 radical (unpaired) electrons. The first kappa shape index (κ1) is 14.9. The van der Waals surface area contributed by atoms with Crippen molar-refractivity contribution in [3.05, 3.63) is 33.3 Å². The molecule has 1 heterocycles. The van der Waals surface area contributed by atoms with Gasteiger partial charge in [0.05, 0.1) is 15.8 Å². The molecule has 0 atom stereocenters. The second kappa shape index (κ2) is 7.33. The van der Waals surface area contributed by atoms with Gasteiger partial charge in [-0.3, -0.25) is 0 Å². The van der Waals surface area contributed by atoms with E-state index in [4.69, 9.17) is 23.2 Å². The second-order valence-electron chi connectivity index (χ2n) is 3.79. The minimum absolute atomic E-state index is 0.577. The van der Waals surface area contributed by atoms with Gasteiger partial charge in [-0.2, -0.15) is 0 Å². The second-order valence-corrected chi connectivity index (χ2v) is 6.72. The molecule has 0 unspecified atom stereocenters. The van der Waals surface area contributed by atoms with Crippen molar-refractivity contribution in [1.29, 1.82) is 0 Å². The van der Waals surface area contributed by atoms with Crippen LogP contribution in [0.15, 0.2) is 23.1 Å². The highest BCUT2D eigenvalue weighted by Gasteiger charge is 2.05. The third kappa shape index (κ3) is 4.53. The predicted octanol–water partition coefficient (Wildman–Crippen LogP) is 4.96. The topological polar surface area (TPSA) is 37.8 Å². The minimum Gasteiger partial charge on any atom is -0.360 e. The summed E-state index contributed by atoms with van der Waals surface area (Å²) in [6, 6.07) is 5.63. The van der Waals surface area contributed by atoms with Crippen LogP contribution in [-0.2, 0) is 5.75 Å². The summed E-state index contributed by atoms with van der Waals surface area (Å²) in [5.74, 6) is 0.781. The van der Waals surface area contributed by atoms with Gasteiger partial charge in [0.15, 0.2) is 0 Å². The summed E-state index contributed by atoms with van der Waals surface area (Å²) in [5, 5.41) is 14.5. The number of benzene rings is 1. The first-order valence-electron chi connectivity index (χ1n) is 5.83. The molecule has 0 spiro atoms. The van der Waals surface area contributed by atoms with Crippen LogP contribution in [0.2, 0.25) is 10.0 Å². The summed E-state index contributed by atoms with van der Waals surface area (Å²) < 4.78 is 0. The van der Waals surface area contributed by atoms with Crippen molar-refractivity contribution >= 4 is 51.4 Å². The molecule has 0 saturated heterocycles. The Kier molecular flexibility index (Phi) is 5.76. The van der Waals surface area contributed by atoms with Crippen LogP contribution >= 0.6 is 46.3 Å². The number of thioether (sulfide) groups is 1. The lowest BCUT2D eigenvalue weighted by Gasteiger charge is -2.01. The van der Waals surface area contributed by atoms with Gasteiger partial charge in [0.25, 0.3) is 0 Å². The summed E-state index contributed by atoms with van der Waals surface area (Å²) in [6.45, 7) is 3.05. The highest BCUT2D eigenvalue weighted by Crippen LogP contribution is 2.30. The summed E-state index contributed by atoms with van der Waals surface area (Å²) >= 11 is 15.1. The molecular weight excluding hydrogens is 321 g/mol. The lowest BCUT2D eigenvalue weighted by Crippen LogP contribution is -1.98. The van der Waals surface area contributed by atoms with Crippen molar-refractivity contribution in [2.75, 3.05) is 11.9 Å². The molecule has 1 N–H and O–H groups in total. The molecule has 0 aliphatic heterocycles. The summed E-state index contributed by atoms with van der Waals surface area (Å²) in [6.07, 6.45) is 1.08. The van der Waals surface area contributed by atoms with Gasteiger partial charge in [-0.1, -0.05) is 41.5 Å². The van der Waals surface area contributed by atoms with E-state index in [0.29, 0.717) is 10.0 Å². The van der Waals surface area contributed by atoms with E-state index >= 15 is 0 Å². The van der Waals surface area contributed by atoms with Crippen molar-refractivity contribution in [2.45, 2.75) is 24.0 Å². The highest BCUT2D eigenvalue weighted by atomic mass is 35.5. The fourth-order valence-electron chi connectivity index (χ4n) is 1.33. The molecule has 1 aromatic heterocycles. The smallest absolute Gasteiger partial charge is 0.205 e. The van der Waals surface area contributed by atoms with Gasteiger partial charge in [0.1, 0.15) is 5.01 Å². The number of nitrogens with zero attached hydrogens (tertiary/aromatic N) is 2. The van der Waals surface area contributed by atoms with Crippen LogP contribution in [0.25, 0.3) is 0 Å². The molecule has 0 aliphatic rings. The molecule has 2 aromatic rings. The number of aromatic nitrogens is 2. The Labute approximate surface area is 130 Å². The number of halogens is 2. The molecule has 3 nitrogen and oxygen atoms in total. The van der Waals surface area contributed by atoms with Crippen LogP contribution in [0.1, 0.15) is 18.4 Å². The maximum Gasteiger partial charge on any atom is 0.205 e. The van der Waals surface area contributed by atoms with Gasteiger partial charge in [-0.25, -0.2) is 0 Å². The molecule has 0 amide bonds. The molecule has 19 heavy (non-hydrogen) atoms. The fraction of sp³-hybridized carbons (Fsp3) is 0.333. The van der Waals surface area contributed by atoms with E-state index in [0.717, 1.165) is 33.8 Å². The van der Waals surface area contributed by atoms with Crippen LogP contribution in [-0.4, -0.2) is 16.7 Å². The Balaban J connectivity index is 1.91. The van der Waals surface area contributed by atoms with E-state index in [-0.39, 0.29) is 0 Å². The number of hydrogen-bond donors (Lipinski definition) is 1. The maximum absolute atomic E-state index is 5.98. The lowest BCUT2D eigenvalue weighted by molar-refractivity contribution is 0.958. The third-order valence-corrected chi connectivity index (χ3v) is 5.05. The molecule has 0 aliphatic carbocycles. The van der Waals surface area contributed by atoms with Crippen LogP contribution < -0.4 is 5.32 Å². The number of anilines is 1. The zero-order valence-electron chi connectivity index (χ0n) is 10.3. The SMILES string of the molecule is CCCNc1nnc(CSc2ccc(Cl)c(Cl)c2)s1. The third-order valence-electron chi connectivity index (χ3n) is 2.25. The molecule has 0 saturated carbocycles. The highest BCUT2D eigenvalue weighted by molar-refractivity contribution is 7.98. The number of nitrogens with one attached hydrogen (secondary N) is 1. The molecule has 0 bridgehead atoms. The van der Waals surface area contributed by atoms with E-state index in [2.05, 4.69) is 22.4 Å². The lowest BCUT2D eigenvalue weighted by atomic mass is 10.4. The van der Waals surface area contributed by atoms with Crippen molar-refractivity contribution in [3.63, 3.8) is 0 Å². The van der Waals surface area contributed by atoms with Crippen LogP contribution in [0.4, 0.5) is 5.13 Å². The monoisotopic (exact) mass is 333 g/mol. The Morgan fingerprint density at radius 1 is 1.26 bits per heavy atom. The summed E-state index contributed by atoms with van der Waals surface area (Å²) in [5.41, 5.74) is 0. The van der Waals surface area contributed by atoms with Crippen molar-refractivity contribution in [3.8, 4) is 0 Å².